The highest BCUT2D eigenvalue weighted by atomic mass is 32.2. The summed E-state index contributed by atoms with van der Waals surface area (Å²) in [5, 5.41) is 0. The summed E-state index contributed by atoms with van der Waals surface area (Å²) in [6, 6.07) is 3.39. The minimum absolute atomic E-state index is 0.00589. The van der Waals surface area contributed by atoms with E-state index in [4.69, 9.17) is 11.2 Å². The van der Waals surface area contributed by atoms with Gasteiger partial charge in [-0.15, -0.1) is 6.42 Å². The van der Waals surface area contributed by atoms with Crippen LogP contribution in [0.1, 0.15) is 36.6 Å². The van der Waals surface area contributed by atoms with E-state index in [1.165, 1.54) is 12.5 Å². The van der Waals surface area contributed by atoms with Gasteiger partial charge in [0.1, 0.15) is 23.6 Å². The summed E-state index contributed by atoms with van der Waals surface area (Å²) >= 11 is 0. The Kier molecular flexibility index (Phi) is 4.81. The van der Waals surface area contributed by atoms with Crippen LogP contribution in [0.2, 0.25) is 0 Å². The van der Waals surface area contributed by atoms with Gasteiger partial charge >= 0.3 is 0 Å². The Balaban J connectivity index is 2.67. The fourth-order valence-corrected chi connectivity index (χ4v) is 3.71. The minimum Gasteiger partial charge on any atom is -0.480 e. The molecule has 5 nitrogen and oxygen atoms in total. The molecule has 23 heavy (non-hydrogen) atoms. The van der Waals surface area contributed by atoms with Gasteiger partial charge in [0.2, 0.25) is 0 Å². The van der Waals surface area contributed by atoms with E-state index < -0.39 is 10.0 Å². The number of imidazole rings is 1. The topological polar surface area (TPSA) is 61.2 Å². The smallest absolute Gasteiger partial charge is 0.272 e. The molecule has 1 aromatic heterocycles. The zero-order valence-electron chi connectivity index (χ0n) is 13.7. The van der Waals surface area contributed by atoms with E-state index in [-0.39, 0.29) is 23.2 Å². The van der Waals surface area contributed by atoms with Crippen molar-refractivity contribution in [2.45, 2.75) is 38.5 Å². The Morgan fingerprint density at radius 1 is 1.35 bits per heavy atom. The summed E-state index contributed by atoms with van der Waals surface area (Å²) in [5.74, 6) is 2.81. The standard InChI is InChI=1S/C17H20N2O3S/c1-6-7-22-16-8-13(4)15(12(2)3)9-17(16)23(20,21)19-10-14(5)18-11-19/h1,8-12H,7H2,2-5H3. The third-order valence-corrected chi connectivity index (χ3v) is 5.14. The molecule has 0 N–H and O–H groups in total. The molecule has 0 aliphatic carbocycles. The average molecular weight is 332 g/mol. The Morgan fingerprint density at radius 3 is 2.57 bits per heavy atom. The highest BCUT2D eigenvalue weighted by Crippen LogP contribution is 2.32. The number of ether oxygens (including phenoxy) is 1. The van der Waals surface area contributed by atoms with Crippen LogP contribution in [-0.2, 0) is 10.0 Å². The molecule has 0 amide bonds. The second kappa shape index (κ2) is 6.47. The molecule has 0 unspecified atom stereocenters. The molecule has 2 aromatic rings. The van der Waals surface area contributed by atoms with E-state index in [0.717, 1.165) is 15.1 Å². The summed E-state index contributed by atoms with van der Waals surface area (Å²) in [7, 11) is -3.79. The van der Waals surface area contributed by atoms with E-state index in [1.807, 2.05) is 20.8 Å². The van der Waals surface area contributed by atoms with E-state index in [0.29, 0.717) is 5.69 Å². The second-order valence-corrected chi connectivity index (χ2v) is 7.46. The first kappa shape index (κ1) is 17.1. The van der Waals surface area contributed by atoms with Crippen molar-refractivity contribution in [3.63, 3.8) is 0 Å². The van der Waals surface area contributed by atoms with Crippen LogP contribution in [0, 0.1) is 26.2 Å². The lowest BCUT2D eigenvalue weighted by Gasteiger charge is -2.17. The number of benzene rings is 1. The van der Waals surface area contributed by atoms with Gasteiger partial charge in [0.15, 0.2) is 0 Å². The van der Waals surface area contributed by atoms with Crippen molar-refractivity contribution in [2.24, 2.45) is 0 Å². The quantitative estimate of drug-likeness (QED) is 0.790. The number of hydrogen-bond donors (Lipinski definition) is 0. The number of aryl methyl sites for hydroxylation is 2. The summed E-state index contributed by atoms with van der Waals surface area (Å²) < 4.78 is 32.4. The molecule has 0 spiro atoms. The van der Waals surface area contributed by atoms with Gasteiger partial charge in [0.05, 0.1) is 5.69 Å². The van der Waals surface area contributed by atoms with Gasteiger partial charge in [0, 0.05) is 6.20 Å². The molecule has 6 heteroatoms. The van der Waals surface area contributed by atoms with Crippen molar-refractivity contribution in [3.05, 3.63) is 41.5 Å². The first-order chi connectivity index (χ1) is 10.8. The third-order valence-electron chi connectivity index (χ3n) is 3.51. The number of terminal acetylenes is 1. The molecule has 2 rings (SSSR count). The van der Waals surface area contributed by atoms with Crippen molar-refractivity contribution < 1.29 is 13.2 Å². The molecule has 0 fully saturated rings. The molecule has 0 radical (unpaired) electrons. The highest BCUT2D eigenvalue weighted by Gasteiger charge is 2.24. The maximum atomic E-state index is 12.9. The van der Waals surface area contributed by atoms with Crippen molar-refractivity contribution in [3.8, 4) is 18.1 Å². The van der Waals surface area contributed by atoms with Gasteiger partial charge < -0.3 is 4.74 Å². The van der Waals surface area contributed by atoms with Gasteiger partial charge in [0.25, 0.3) is 10.0 Å². The van der Waals surface area contributed by atoms with Crippen LogP contribution in [0.5, 0.6) is 5.75 Å². The van der Waals surface area contributed by atoms with Crippen LogP contribution in [0.4, 0.5) is 0 Å². The number of hydrogen-bond acceptors (Lipinski definition) is 4. The predicted octanol–water partition coefficient (Wildman–Crippen LogP) is 2.87. The molecule has 0 saturated heterocycles. The molecule has 0 bridgehead atoms. The molecule has 0 atom stereocenters. The average Bonchev–Trinajstić information content (AvgIpc) is 2.91. The normalized spacial score (nSPS) is 11.5. The van der Waals surface area contributed by atoms with Crippen molar-refractivity contribution in [1.82, 2.24) is 8.96 Å². The zero-order valence-corrected chi connectivity index (χ0v) is 14.5. The molecule has 0 aliphatic heterocycles. The maximum Gasteiger partial charge on any atom is 0.272 e. The van der Waals surface area contributed by atoms with Gasteiger partial charge in [-0.2, -0.15) is 0 Å². The molecular weight excluding hydrogens is 312 g/mol. The van der Waals surface area contributed by atoms with Gasteiger partial charge in [-0.1, -0.05) is 19.8 Å². The SMILES string of the molecule is C#CCOc1cc(C)c(C(C)C)cc1S(=O)(=O)n1cnc(C)c1. The molecule has 122 valence electrons. The first-order valence-electron chi connectivity index (χ1n) is 7.24. The lowest BCUT2D eigenvalue weighted by molar-refractivity contribution is 0.359. The van der Waals surface area contributed by atoms with Crippen molar-refractivity contribution in [1.29, 1.82) is 0 Å². The fraction of sp³-hybridized carbons (Fsp3) is 0.353. The molecule has 1 aromatic carbocycles. The number of nitrogens with zero attached hydrogens (tertiary/aromatic N) is 2. The second-order valence-electron chi connectivity index (χ2n) is 5.65. The zero-order chi connectivity index (χ0) is 17.2. The van der Waals surface area contributed by atoms with Crippen molar-refractivity contribution in [2.75, 3.05) is 6.61 Å². The summed E-state index contributed by atoms with van der Waals surface area (Å²) in [4.78, 5) is 4.08. The van der Waals surface area contributed by atoms with E-state index >= 15 is 0 Å². The van der Waals surface area contributed by atoms with E-state index in [2.05, 4.69) is 10.9 Å². The summed E-state index contributed by atoms with van der Waals surface area (Å²) in [6.07, 6.45) is 7.98. The Bertz CT molecular complexity index is 858. The van der Waals surface area contributed by atoms with Crippen LogP contribution in [-0.4, -0.2) is 24.0 Å². The molecule has 0 aliphatic rings. The third kappa shape index (κ3) is 3.40. The highest BCUT2D eigenvalue weighted by molar-refractivity contribution is 7.90. The van der Waals surface area contributed by atoms with Crippen LogP contribution in [0.15, 0.2) is 29.6 Å². The number of rotatable bonds is 5. The molecule has 1 heterocycles. The minimum atomic E-state index is -3.79. The summed E-state index contributed by atoms with van der Waals surface area (Å²) in [6.45, 7) is 7.70. The Hall–Kier alpha value is -2.26. The van der Waals surface area contributed by atoms with Crippen LogP contribution >= 0.6 is 0 Å². The van der Waals surface area contributed by atoms with Crippen LogP contribution in [0.3, 0.4) is 0 Å². The lowest BCUT2D eigenvalue weighted by Crippen LogP contribution is -2.14. The van der Waals surface area contributed by atoms with Gasteiger partial charge in [-0.3, -0.25) is 0 Å². The molecular formula is C17H20N2O3S. The monoisotopic (exact) mass is 332 g/mol. The largest absolute Gasteiger partial charge is 0.480 e. The predicted molar refractivity (Wildman–Crippen MR) is 89.1 cm³/mol. The first-order valence-corrected chi connectivity index (χ1v) is 8.68. The fourth-order valence-electron chi connectivity index (χ4n) is 2.38. The maximum absolute atomic E-state index is 12.9. The van der Waals surface area contributed by atoms with Crippen LogP contribution in [0.25, 0.3) is 0 Å². The Morgan fingerprint density at radius 2 is 2.04 bits per heavy atom. The van der Waals surface area contributed by atoms with E-state index in [1.54, 1.807) is 19.1 Å². The van der Waals surface area contributed by atoms with Gasteiger partial charge in [-0.25, -0.2) is 17.4 Å². The van der Waals surface area contributed by atoms with E-state index in [9.17, 15) is 8.42 Å². The summed E-state index contributed by atoms with van der Waals surface area (Å²) in [5.41, 5.74) is 2.54. The van der Waals surface area contributed by atoms with Crippen LogP contribution < -0.4 is 4.74 Å². The number of aromatic nitrogens is 2. The van der Waals surface area contributed by atoms with Crippen molar-refractivity contribution >= 4 is 10.0 Å². The van der Waals surface area contributed by atoms with Gasteiger partial charge in [-0.05, 0) is 43.0 Å². The molecule has 0 saturated carbocycles. The Labute approximate surface area is 137 Å². The lowest BCUT2D eigenvalue weighted by atomic mass is 9.98.